The Morgan fingerprint density at radius 1 is 1.12 bits per heavy atom. The number of hydrogen-bond donors (Lipinski definition) is 0. The molecule has 0 saturated carbocycles. The lowest BCUT2D eigenvalue weighted by atomic mass is 9.64. The van der Waals surface area contributed by atoms with Crippen molar-refractivity contribution in [3.05, 3.63) is 12.5 Å². The zero-order valence-electron chi connectivity index (χ0n) is 10.8. The first-order valence-corrected chi connectivity index (χ1v) is 5.24. The van der Waals surface area contributed by atoms with Crippen molar-refractivity contribution < 1.29 is 19.0 Å². The third kappa shape index (κ3) is 1.47. The molecule has 0 aromatic heterocycles. The van der Waals surface area contributed by atoms with Gasteiger partial charge in [-0.1, -0.05) is 0 Å². The summed E-state index contributed by atoms with van der Waals surface area (Å²) >= 11 is 0. The summed E-state index contributed by atoms with van der Waals surface area (Å²) in [7, 11) is 1.36. The molecule has 16 heavy (non-hydrogen) atoms. The highest BCUT2D eigenvalue weighted by molar-refractivity contribution is 5.79. The Balaban J connectivity index is 3.30. The number of carbonyl (C=O) groups is 1. The molecule has 1 fully saturated rings. The molecule has 4 heteroatoms. The lowest BCUT2D eigenvalue weighted by Crippen LogP contribution is -2.65. The van der Waals surface area contributed by atoms with E-state index in [0.717, 1.165) is 0 Å². The lowest BCUT2D eigenvalue weighted by Gasteiger charge is -2.54. The zero-order chi connectivity index (χ0) is 12.8. The van der Waals surface area contributed by atoms with Crippen molar-refractivity contribution in [1.29, 1.82) is 0 Å². The third-order valence-electron chi connectivity index (χ3n) is 3.74. The Morgan fingerprint density at radius 2 is 1.50 bits per heavy atom. The smallest absolute Gasteiger partial charge is 0.319 e. The van der Waals surface area contributed by atoms with E-state index in [-0.39, 0.29) is 11.9 Å². The van der Waals surface area contributed by atoms with Crippen LogP contribution in [0.5, 0.6) is 0 Å². The van der Waals surface area contributed by atoms with Crippen molar-refractivity contribution in [1.82, 2.24) is 0 Å². The number of methoxy groups -OCH3 is 1. The maximum atomic E-state index is 12.0. The molecule has 0 aromatic carbocycles. The van der Waals surface area contributed by atoms with Gasteiger partial charge in [-0.2, -0.15) is 0 Å². The maximum absolute atomic E-state index is 12.0. The fourth-order valence-electron chi connectivity index (χ4n) is 2.21. The second-order valence-corrected chi connectivity index (χ2v) is 5.21. The van der Waals surface area contributed by atoms with Crippen LogP contribution >= 0.6 is 0 Å². The molecule has 0 amide bonds. The quantitative estimate of drug-likeness (QED) is 0.646. The van der Waals surface area contributed by atoms with E-state index < -0.39 is 16.6 Å². The minimum atomic E-state index is -0.907. The summed E-state index contributed by atoms with van der Waals surface area (Å²) in [4.78, 5) is 12.0. The van der Waals surface area contributed by atoms with Gasteiger partial charge < -0.3 is 14.2 Å². The van der Waals surface area contributed by atoms with Crippen LogP contribution in [0.25, 0.3) is 0 Å². The molecule has 1 rings (SSSR count). The topological polar surface area (TPSA) is 44.8 Å². The van der Waals surface area contributed by atoms with E-state index >= 15 is 0 Å². The van der Waals surface area contributed by atoms with Gasteiger partial charge in [0.15, 0.2) is 0 Å². The monoisotopic (exact) mass is 228 g/mol. The average molecular weight is 228 g/mol. The lowest BCUT2D eigenvalue weighted by molar-refractivity contribution is -0.266. The molecule has 0 aliphatic carbocycles. The van der Waals surface area contributed by atoms with E-state index in [4.69, 9.17) is 14.2 Å². The average Bonchev–Trinajstić information content (AvgIpc) is 2.10. The van der Waals surface area contributed by atoms with Crippen LogP contribution in [0.2, 0.25) is 0 Å². The summed E-state index contributed by atoms with van der Waals surface area (Å²) in [5.74, 6) is -0.119. The van der Waals surface area contributed by atoms with Crippen molar-refractivity contribution in [3.63, 3.8) is 0 Å². The van der Waals surface area contributed by atoms with Crippen molar-refractivity contribution in [2.75, 3.05) is 7.11 Å². The Hall–Kier alpha value is -1.19. The zero-order valence-corrected chi connectivity index (χ0v) is 10.8. The molecular weight excluding hydrogens is 208 g/mol. The van der Waals surface area contributed by atoms with Crippen LogP contribution in [0.4, 0.5) is 0 Å². The van der Waals surface area contributed by atoms with Crippen LogP contribution in [-0.4, -0.2) is 24.3 Å². The van der Waals surface area contributed by atoms with Gasteiger partial charge in [0.25, 0.3) is 5.95 Å². The van der Waals surface area contributed by atoms with Gasteiger partial charge in [0.2, 0.25) is 0 Å². The van der Waals surface area contributed by atoms with Crippen molar-refractivity contribution in [2.45, 2.75) is 45.8 Å². The van der Waals surface area contributed by atoms with Crippen LogP contribution in [0.15, 0.2) is 12.5 Å². The van der Waals surface area contributed by atoms with Crippen molar-refractivity contribution in [3.8, 4) is 0 Å². The van der Waals surface area contributed by atoms with Gasteiger partial charge >= 0.3 is 5.97 Å². The molecule has 0 bridgehead atoms. The predicted octanol–water partition coefficient (Wildman–Crippen LogP) is 2.24. The first-order chi connectivity index (χ1) is 7.08. The summed E-state index contributed by atoms with van der Waals surface area (Å²) in [6.45, 7) is 12.8. The molecular formula is C12H20O4. The number of rotatable bonds is 1. The molecule has 0 radical (unpaired) electrons. The molecule has 1 saturated heterocycles. The van der Waals surface area contributed by atoms with Gasteiger partial charge in [-0.05, 0) is 41.2 Å². The van der Waals surface area contributed by atoms with Gasteiger partial charge in [-0.15, -0.1) is 0 Å². The fourth-order valence-corrected chi connectivity index (χ4v) is 2.21. The highest BCUT2D eigenvalue weighted by Crippen LogP contribution is 2.51. The van der Waals surface area contributed by atoms with Crippen molar-refractivity contribution >= 4 is 5.97 Å². The van der Waals surface area contributed by atoms with Crippen LogP contribution in [-0.2, 0) is 19.0 Å². The van der Waals surface area contributed by atoms with E-state index in [2.05, 4.69) is 6.58 Å². The van der Waals surface area contributed by atoms with E-state index in [1.54, 1.807) is 6.92 Å². The van der Waals surface area contributed by atoms with E-state index in [1.165, 1.54) is 7.11 Å². The summed E-state index contributed by atoms with van der Waals surface area (Å²) in [5.41, 5.74) is -2.38. The molecule has 0 unspecified atom stereocenters. The Bertz CT molecular complexity index is 308. The second kappa shape index (κ2) is 3.40. The van der Waals surface area contributed by atoms with E-state index in [0.29, 0.717) is 0 Å². The SMILES string of the molecule is C=C1OC(C)(C)C(C)(C(=O)OC)C(C)(C)O1. The molecule has 0 atom stereocenters. The first-order valence-electron chi connectivity index (χ1n) is 5.24. The summed E-state index contributed by atoms with van der Waals surface area (Å²) in [5, 5.41) is 0. The number of ether oxygens (including phenoxy) is 3. The Labute approximate surface area is 96.6 Å². The van der Waals surface area contributed by atoms with Crippen LogP contribution < -0.4 is 0 Å². The second-order valence-electron chi connectivity index (χ2n) is 5.21. The highest BCUT2D eigenvalue weighted by Gasteiger charge is 2.64. The molecule has 92 valence electrons. The van der Waals surface area contributed by atoms with E-state index in [9.17, 15) is 4.79 Å². The van der Waals surface area contributed by atoms with Gasteiger partial charge in [0, 0.05) is 0 Å². The fraction of sp³-hybridized carbons (Fsp3) is 0.750. The molecule has 0 spiro atoms. The van der Waals surface area contributed by atoms with Gasteiger partial charge in [0.1, 0.15) is 16.6 Å². The summed E-state index contributed by atoms with van der Waals surface area (Å²) in [6, 6.07) is 0. The molecule has 1 aliphatic heterocycles. The van der Waals surface area contributed by atoms with Gasteiger partial charge in [-0.3, -0.25) is 4.79 Å². The largest absolute Gasteiger partial charge is 0.468 e. The van der Waals surface area contributed by atoms with Crippen LogP contribution in [0.1, 0.15) is 34.6 Å². The number of esters is 1. The summed E-state index contributed by atoms with van der Waals surface area (Å²) < 4.78 is 15.9. The molecule has 1 heterocycles. The number of hydrogen-bond acceptors (Lipinski definition) is 4. The molecule has 0 N–H and O–H groups in total. The Kier molecular flexibility index (Phi) is 2.74. The summed E-state index contributed by atoms with van der Waals surface area (Å²) in [6.07, 6.45) is 0. The minimum Gasteiger partial charge on any atom is -0.468 e. The standard InChI is InChI=1S/C12H20O4/c1-8-15-10(2,3)12(6,9(13)14-7)11(4,5)16-8/h1H2,2-7H3. The Morgan fingerprint density at radius 3 is 1.81 bits per heavy atom. The van der Waals surface area contributed by atoms with E-state index in [1.807, 2.05) is 27.7 Å². The molecule has 0 aromatic rings. The minimum absolute atomic E-state index is 0.233. The number of carbonyl (C=O) groups excluding carboxylic acids is 1. The molecule has 1 aliphatic rings. The molecule has 4 nitrogen and oxygen atoms in total. The predicted molar refractivity (Wildman–Crippen MR) is 59.6 cm³/mol. The maximum Gasteiger partial charge on any atom is 0.319 e. The van der Waals surface area contributed by atoms with Gasteiger partial charge in [0.05, 0.1) is 7.11 Å². The highest BCUT2D eigenvalue weighted by atomic mass is 16.7. The van der Waals surface area contributed by atoms with Crippen LogP contribution in [0, 0.1) is 5.41 Å². The third-order valence-corrected chi connectivity index (χ3v) is 3.74. The van der Waals surface area contributed by atoms with Gasteiger partial charge in [-0.25, -0.2) is 0 Å². The van der Waals surface area contributed by atoms with Crippen molar-refractivity contribution in [2.24, 2.45) is 5.41 Å². The first kappa shape index (κ1) is 12.9. The van der Waals surface area contributed by atoms with Crippen LogP contribution in [0.3, 0.4) is 0 Å². The normalized spacial score (nSPS) is 25.2.